The second-order valence-electron chi connectivity index (χ2n) is 3.96. The van der Waals surface area contributed by atoms with Gasteiger partial charge < -0.3 is 5.32 Å². The minimum Gasteiger partial charge on any atom is -0.363 e. The van der Waals surface area contributed by atoms with Crippen LogP contribution in [0.5, 0.6) is 0 Å². The monoisotopic (exact) mass is 282 g/mol. The highest BCUT2D eigenvalue weighted by Gasteiger charge is 2.06. The van der Waals surface area contributed by atoms with E-state index in [0.717, 1.165) is 10.7 Å². The predicted octanol–water partition coefficient (Wildman–Crippen LogP) is 2.41. The first-order valence-corrected chi connectivity index (χ1v) is 6.79. The fraction of sp³-hybridized carbons (Fsp3) is 0.0769. The van der Waals surface area contributed by atoms with Crippen molar-refractivity contribution in [3.8, 4) is 16.8 Å². The molecule has 3 heterocycles. The first kappa shape index (κ1) is 12.3. The number of aromatic nitrogens is 4. The first-order chi connectivity index (χ1) is 9.85. The molecule has 3 rings (SSSR count). The lowest BCUT2D eigenvalue weighted by atomic mass is 10.3. The average Bonchev–Trinajstić information content (AvgIpc) is 3.16. The molecule has 0 aromatic carbocycles. The molecule has 98 valence electrons. The highest BCUT2D eigenvalue weighted by Crippen LogP contribution is 2.20. The molecule has 0 spiro atoms. The average molecular weight is 282 g/mol. The van der Waals surface area contributed by atoms with Crippen molar-refractivity contribution in [1.29, 1.82) is 5.26 Å². The molecule has 0 bridgehead atoms. The summed E-state index contributed by atoms with van der Waals surface area (Å²) in [5.74, 6) is 2.05. The zero-order valence-electron chi connectivity index (χ0n) is 10.4. The van der Waals surface area contributed by atoms with Gasteiger partial charge in [-0.05, 0) is 23.6 Å². The standard InChI is InChI=1S/C13H10N6S/c14-7-9-3-1-5-11(16-9)15-8-12-17-13(19-18-12)10-4-2-6-20-10/h1-6H,8H2,(H,15,16)(H,17,18,19). The maximum Gasteiger partial charge on any atom is 0.191 e. The van der Waals surface area contributed by atoms with Crippen LogP contribution in [0.4, 0.5) is 5.82 Å². The van der Waals surface area contributed by atoms with Crippen LogP contribution in [0.3, 0.4) is 0 Å². The minimum atomic E-state index is 0.381. The van der Waals surface area contributed by atoms with E-state index in [-0.39, 0.29) is 0 Å². The number of nitrogens with one attached hydrogen (secondary N) is 2. The molecular formula is C13H10N6S. The third-order valence-corrected chi connectivity index (χ3v) is 3.44. The SMILES string of the molecule is N#Cc1cccc(NCc2nc(-c3cccs3)n[nH]2)n1. The Labute approximate surface area is 119 Å². The van der Waals surface area contributed by atoms with Crippen LogP contribution in [0.2, 0.25) is 0 Å². The topological polar surface area (TPSA) is 90.3 Å². The van der Waals surface area contributed by atoms with Crippen molar-refractivity contribution in [2.24, 2.45) is 0 Å². The van der Waals surface area contributed by atoms with Crippen LogP contribution in [-0.2, 0) is 6.54 Å². The molecule has 0 atom stereocenters. The molecule has 3 aromatic heterocycles. The molecular weight excluding hydrogens is 272 g/mol. The van der Waals surface area contributed by atoms with Gasteiger partial charge in [0.25, 0.3) is 0 Å². The lowest BCUT2D eigenvalue weighted by Gasteiger charge is -2.02. The summed E-state index contributed by atoms with van der Waals surface area (Å²) in [6, 6.07) is 11.2. The highest BCUT2D eigenvalue weighted by atomic mass is 32.1. The molecule has 0 aliphatic rings. The van der Waals surface area contributed by atoms with E-state index in [9.17, 15) is 0 Å². The van der Waals surface area contributed by atoms with Gasteiger partial charge in [-0.3, -0.25) is 5.10 Å². The quantitative estimate of drug-likeness (QED) is 0.767. The zero-order valence-corrected chi connectivity index (χ0v) is 11.2. The fourth-order valence-electron chi connectivity index (χ4n) is 1.66. The van der Waals surface area contributed by atoms with Crippen LogP contribution < -0.4 is 5.32 Å². The van der Waals surface area contributed by atoms with E-state index in [0.29, 0.717) is 23.9 Å². The number of anilines is 1. The molecule has 0 unspecified atom stereocenters. The van der Waals surface area contributed by atoms with Crippen LogP contribution in [-0.4, -0.2) is 20.2 Å². The molecule has 0 radical (unpaired) electrons. The highest BCUT2D eigenvalue weighted by molar-refractivity contribution is 7.13. The van der Waals surface area contributed by atoms with Gasteiger partial charge in [0.05, 0.1) is 11.4 Å². The van der Waals surface area contributed by atoms with Crippen LogP contribution in [0.15, 0.2) is 35.7 Å². The van der Waals surface area contributed by atoms with Crippen molar-refractivity contribution in [2.45, 2.75) is 6.54 Å². The van der Waals surface area contributed by atoms with Crippen molar-refractivity contribution >= 4 is 17.2 Å². The smallest absolute Gasteiger partial charge is 0.191 e. The fourth-order valence-corrected chi connectivity index (χ4v) is 2.32. The third kappa shape index (κ3) is 2.65. The molecule has 0 fully saturated rings. The van der Waals surface area contributed by atoms with Gasteiger partial charge in [-0.1, -0.05) is 12.1 Å². The number of hydrogen-bond donors (Lipinski definition) is 2. The molecule has 3 aromatic rings. The summed E-state index contributed by atoms with van der Waals surface area (Å²) >= 11 is 1.59. The first-order valence-electron chi connectivity index (χ1n) is 5.91. The van der Waals surface area contributed by atoms with E-state index < -0.39 is 0 Å². The molecule has 20 heavy (non-hydrogen) atoms. The second-order valence-corrected chi connectivity index (χ2v) is 4.90. The molecule has 0 amide bonds. The Balaban J connectivity index is 1.68. The Morgan fingerprint density at radius 2 is 2.20 bits per heavy atom. The largest absolute Gasteiger partial charge is 0.363 e. The Morgan fingerprint density at radius 1 is 1.25 bits per heavy atom. The maximum atomic E-state index is 8.79. The van der Waals surface area contributed by atoms with E-state index >= 15 is 0 Å². The van der Waals surface area contributed by atoms with Crippen molar-refractivity contribution < 1.29 is 0 Å². The summed E-state index contributed by atoms with van der Waals surface area (Å²) in [4.78, 5) is 9.55. The number of nitriles is 1. The summed E-state index contributed by atoms with van der Waals surface area (Å²) in [6.45, 7) is 0.472. The molecule has 0 saturated heterocycles. The van der Waals surface area contributed by atoms with E-state index in [1.165, 1.54) is 0 Å². The summed E-state index contributed by atoms with van der Waals surface area (Å²) in [7, 11) is 0. The van der Waals surface area contributed by atoms with E-state index in [4.69, 9.17) is 5.26 Å². The number of thiophene rings is 1. The number of nitrogens with zero attached hydrogens (tertiary/aromatic N) is 4. The van der Waals surface area contributed by atoms with Crippen molar-refractivity contribution in [2.75, 3.05) is 5.32 Å². The summed E-state index contributed by atoms with van der Waals surface area (Å²) < 4.78 is 0. The van der Waals surface area contributed by atoms with Crippen molar-refractivity contribution in [1.82, 2.24) is 20.2 Å². The van der Waals surface area contributed by atoms with Gasteiger partial charge in [-0.15, -0.1) is 11.3 Å². The van der Waals surface area contributed by atoms with Crippen molar-refractivity contribution in [3.63, 3.8) is 0 Å². The molecule has 7 heteroatoms. The Kier molecular flexibility index (Phi) is 3.39. The van der Waals surface area contributed by atoms with Crippen LogP contribution in [0.1, 0.15) is 11.5 Å². The van der Waals surface area contributed by atoms with Crippen LogP contribution in [0.25, 0.3) is 10.7 Å². The zero-order chi connectivity index (χ0) is 13.8. The maximum absolute atomic E-state index is 8.79. The van der Waals surface area contributed by atoms with Crippen molar-refractivity contribution in [3.05, 3.63) is 47.2 Å². The normalized spacial score (nSPS) is 10.2. The van der Waals surface area contributed by atoms with Crippen LogP contribution >= 0.6 is 11.3 Å². The lowest BCUT2D eigenvalue weighted by molar-refractivity contribution is 0.947. The second kappa shape index (κ2) is 5.50. The summed E-state index contributed by atoms with van der Waals surface area (Å²) in [5, 5.41) is 20.9. The van der Waals surface area contributed by atoms with Gasteiger partial charge in [0, 0.05) is 0 Å². The van der Waals surface area contributed by atoms with E-state index in [2.05, 4.69) is 25.5 Å². The van der Waals surface area contributed by atoms with Gasteiger partial charge in [0.15, 0.2) is 5.82 Å². The molecule has 0 aliphatic carbocycles. The molecule has 6 nitrogen and oxygen atoms in total. The Morgan fingerprint density at radius 3 is 3.00 bits per heavy atom. The lowest BCUT2D eigenvalue weighted by Crippen LogP contribution is -2.03. The molecule has 0 aliphatic heterocycles. The van der Waals surface area contributed by atoms with Gasteiger partial charge in [0.1, 0.15) is 23.4 Å². The van der Waals surface area contributed by atoms with Gasteiger partial charge in [-0.2, -0.15) is 10.4 Å². The number of aromatic amines is 1. The van der Waals surface area contributed by atoms with Crippen LogP contribution in [0, 0.1) is 11.3 Å². The summed E-state index contributed by atoms with van der Waals surface area (Å²) in [6.07, 6.45) is 0. The molecule has 2 N–H and O–H groups in total. The minimum absolute atomic E-state index is 0.381. The molecule has 0 saturated carbocycles. The Bertz CT molecular complexity index is 740. The Hall–Kier alpha value is -2.72. The van der Waals surface area contributed by atoms with Gasteiger partial charge in [0.2, 0.25) is 0 Å². The van der Waals surface area contributed by atoms with Gasteiger partial charge in [-0.25, -0.2) is 9.97 Å². The predicted molar refractivity (Wildman–Crippen MR) is 76.0 cm³/mol. The third-order valence-electron chi connectivity index (χ3n) is 2.57. The number of rotatable bonds is 4. The summed E-state index contributed by atoms with van der Waals surface area (Å²) in [5.41, 5.74) is 0.381. The van der Waals surface area contributed by atoms with E-state index in [1.54, 1.807) is 29.5 Å². The van der Waals surface area contributed by atoms with E-state index in [1.807, 2.05) is 23.6 Å². The van der Waals surface area contributed by atoms with Gasteiger partial charge >= 0.3 is 0 Å². The number of pyridine rings is 1. The number of hydrogen-bond acceptors (Lipinski definition) is 6. The number of H-pyrrole nitrogens is 1.